The fourth-order valence-electron chi connectivity index (χ4n) is 4.00. The minimum atomic E-state index is -0.406. The highest BCUT2D eigenvalue weighted by Crippen LogP contribution is 2.21. The van der Waals surface area contributed by atoms with Crippen molar-refractivity contribution in [2.75, 3.05) is 76.1 Å². The van der Waals surface area contributed by atoms with E-state index in [9.17, 15) is 9.59 Å². The van der Waals surface area contributed by atoms with E-state index in [4.69, 9.17) is 9.72 Å². The summed E-state index contributed by atoms with van der Waals surface area (Å²) in [5, 5.41) is 5.64. The van der Waals surface area contributed by atoms with Crippen molar-refractivity contribution in [1.29, 1.82) is 0 Å². The summed E-state index contributed by atoms with van der Waals surface area (Å²) in [7, 11) is 5.70. The van der Waals surface area contributed by atoms with Gasteiger partial charge in [0.25, 0.3) is 5.91 Å². The number of nitrogens with one attached hydrogen (secondary N) is 2. The first-order chi connectivity index (χ1) is 18.8. The highest BCUT2D eigenvalue weighted by molar-refractivity contribution is 6.01. The van der Waals surface area contributed by atoms with Crippen LogP contribution >= 0.6 is 0 Å². The number of rotatable bonds is 9. The number of aromatic nitrogens is 3. The summed E-state index contributed by atoms with van der Waals surface area (Å²) in [5.41, 5.74) is 2.49. The third-order valence-electron chi connectivity index (χ3n) is 6.28. The Hall–Kier alpha value is -4.09. The second-order valence-corrected chi connectivity index (χ2v) is 9.60. The number of carbonyl (C=O) groups excluding carboxylic acids is 2. The molecule has 1 aliphatic rings. The van der Waals surface area contributed by atoms with E-state index in [1.807, 2.05) is 38.1 Å². The van der Waals surface area contributed by atoms with Crippen molar-refractivity contribution in [3.63, 3.8) is 0 Å². The van der Waals surface area contributed by atoms with Crippen LogP contribution in [0.25, 0.3) is 11.4 Å². The Kier molecular flexibility index (Phi) is 9.40. The number of anilines is 3. The number of hydrogen-bond donors (Lipinski definition) is 2. The summed E-state index contributed by atoms with van der Waals surface area (Å²) in [4.78, 5) is 45.1. The zero-order valence-corrected chi connectivity index (χ0v) is 23.0. The summed E-state index contributed by atoms with van der Waals surface area (Å²) in [5.74, 6) is 1.88. The van der Waals surface area contributed by atoms with Crippen LogP contribution < -0.4 is 15.5 Å². The molecule has 0 aliphatic carbocycles. The number of amides is 3. The first kappa shape index (κ1) is 27.9. The maximum atomic E-state index is 12.7. The van der Waals surface area contributed by atoms with Crippen molar-refractivity contribution in [3.8, 4) is 11.4 Å². The predicted octanol–water partition coefficient (Wildman–Crippen LogP) is 3.22. The standard InChI is InChI=1S/C28H36N8O3/c1-5-24-31-25(33-27(32-24)36-15-17-39-18-16-36)20-9-11-22(12-10-20)29-28(38)30-23-8-6-7-21(19-23)26(37)35(4)14-13-34(2)3/h6-12,19H,5,13-18H2,1-4H3,(H2,29,30,38). The molecule has 11 nitrogen and oxygen atoms in total. The second kappa shape index (κ2) is 13.1. The molecule has 0 unspecified atom stereocenters. The van der Waals surface area contributed by atoms with E-state index in [2.05, 4.69) is 25.5 Å². The normalized spacial score (nSPS) is 13.3. The van der Waals surface area contributed by atoms with Crippen LogP contribution in [0.4, 0.5) is 22.1 Å². The molecule has 0 spiro atoms. The Morgan fingerprint density at radius 2 is 1.64 bits per heavy atom. The highest BCUT2D eigenvalue weighted by Gasteiger charge is 2.17. The van der Waals surface area contributed by atoms with Gasteiger partial charge >= 0.3 is 6.03 Å². The lowest BCUT2D eigenvalue weighted by Crippen LogP contribution is -2.37. The smallest absolute Gasteiger partial charge is 0.323 e. The summed E-state index contributed by atoms with van der Waals surface area (Å²) >= 11 is 0. The number of morpholine rings is 1. The van der Waals surface area contributed by atoms with Gasteiger partial charge in [0, 0.05) is 62.1 Å². The number of likely N-dealkylation sites (N-methyl/N-ethyl adjacent to an activating group) is 2. The fourth-order valence-corrected chi connectivity index (χ4v) is 4.00. The van der Waals surface area contributed by atoms with Crippen molar-refractivity contribution < 1.29 is 14.3 Å². The maximum Gasteiger partial charge on any atom is 0.323 e. The van der Waals surface area contributed by atoms with Crippen LogP contribution in [0.1, 0.15) is 23.1 Å². The van der Waals surface area contributed by atoms with Gasteiger partial charge in [0.1, 0.15) is 5.82 Å². The van der Waals surface area contributed by atoms with Crippen molar-refractivity contribution in [2.45, 2.75) is 13.3 Å². The van der Waals surface area contributed by atoms with Crippen LogP contribution in [0.3, 0.4) is 0 Å². The zero-order valence-electron chi connectivity index (χ0n) is 23.0. The molecule has 1 aromatic heterocycles. The Morgan fingerprint density at radius 1 is 0.923 bits per heavy atom. The molecular formula is C28H36N8O3. The van der Waals surface area contributed by atoms with Gasteiger partial charge in [0.2, 0.25) is 5.95 Å². The molecule has 3 amide bonds. The van der Waals surface area contributed by atoms with Crippen LogP contribution in [0, 0.1) is 0 Å². The predicted molar refractivity (Wildman–Crippen MR) is 152 cm³/mol. The first-order valence-electron chi connectivity index (χ1n) is 13.1. The lowest BCUT2D eigenvalue weighted by Gasteiger charge is -2.27. The Bertz CT molecular complexity index is 1280. The molecule has 2 heterocycles. The average molecular weight is 533 g/mol. The number of carbonyl (C=O) groups is 2. The number of aryl methyl sites for hydroxylation is 1. The molecule has 0 bridgehead atoms. The van der Waals surface area contributed by atoms with Gasteiger partial charge in [0.15, 0.2) is 5.82 Å². The molecule has 4 rings (SSSR count). The molecule has 2 aromatic carbocycles. The first-order valence-corrected chi connectivity index (χ1v) is 13.1. The van der Waals surface area contributed by atoms with Crippen LogP contribution in [0.15, 0.2) is 48.5 Å². The number of urea groups is 1. The maximum absolute atomic E-state index is 12.7. The molecule has 0 atom stereocenters. The van der Waals surface area contributed by atoms with Gasteiger partial charge in [-0.15, -0.1) is 0 Å². The topological polar surface area (TPSA) is 116 Å². The third kappa shape index (κ3) is 7.71. The molecule has 1 saturated heterocycles. The minimum Gasteiger partial charge on any atom is -0.378 e. The van der Waals surface area contributed by atoms with Crippen LogP contribution in [0.2, 0.25) is 0 Å². The van der Waals surface area contributed by atoms with Crippen LogP contribution in [-0.4, -0.2) is 97.2 Å². The van der Waals surface area contributed by atoms with Crippen molar-refractivity contribution in [3.05, 3.63) is 59.9 Å². The fraction of sp³-hybridized carbons (Fsp3) is 0.393. The molecule has 0 radical (unpaired) electrons. The van der Waals surface area contributed by atoms with E-state index in [0.717, 1.165) is 31.0 Å². The van der Waals surface area contributed by atoms with Gasteiger partial charge in [-0.3, -0.25) is 4.79 Å². The number of benzene rings is 2. The van der Waals surface area contributed by atoms with Crippen molar-refractivity contribution >= 4 is 29.3 Å². The summed E-state index contributed by atoms with van der Waals surface area (Å²) in [6.07, 6.45) is 0.700. The molecule has 2 N–H and O–H groups in total. The van der Waals surface area contributed by atoms with Gasteiger partial charge in [-0.2, -0.15) is 9.97 Å². The Labute approximate surface area is 229 Å². The number of nitrogens with zero attached hydrogens (tertiary/aromatic N) is 6. The molecule has 0 saturated carbocycles. The molecular weight excluding hydrogens is 496 g/mol. The van der Waals surface area contributed by atoms with E-state index in [-0.39, 0.29) is 5.91 Å². The lowest BCUT2D eigenvalue weighted by molar-refractivity contribution is 0.0786. The van der Waals surface area contributed by atoms with Crippen molar-refractivity contribution in [1.82, 2.24) is 24.8 Å². The molecule has 206 valence electrons. The van der Waals surface area contributed by atoms with E-state index in [0.29, 0.717) is 54.9 Å². The van der Waals surface area contributed by atoms with Crippen LogP contribution in [-0.2, 0) is 11.2 Å². The summed E-state index contributed by atoms with van der Waals surface area (Å²) in [6, 6.07) is 13.9. The lowest BCUT2D eigenvalue weighted by atomic mass is 10.1. The molecule has 1 aliphatic heterocycles. The van der Waals surface area contributed by atoms with E-state index >= 15 is 0 Å². The molecule has 39 heavy (non-hydrogen) atoms. The second-order valence-electron chi connectivity index (χ2n) is 9.60. The van der Waals surface area contributed by atoms with Crippen LogP contribution in [0.5, 0.6) is 0 Å². The summed E-state index contributed by atoms with van der Waals surface area (Å²) in [6.45, 7) is 6.19. The van der Waals surface area contributed by atoms with E-state index < -0.39 is 6.03 Å². The van der Waals surface area contributed by atoms with Gasteiger partial charge in [-0.25, -0.2) is 9.78 Å². The highest BCUT2D eigenvalue weighted by atomic mass is 16.5. The largest absolute Gasteiger partial charge is 0.378 e. The Morgan fingerprint density at radius 3 is 2.33 bits per heavy atom. The third-order valence-corrected chi connectivity index (χ3v) is 6.28. The monoisotopic (exact) mass is 532 g/mol. The van der Waals surface area contributed by atoms with E-state index in [1.165, 1.54) is 0 Å². The number of hydrogen-bond acceptors (Lipinski definition) is 8. The number of ether oxygens (including phenoxy) is 1. The summed E-state index contributed by atoms with van der Waals surface area (Å²) < 4.78 is 5.45. The molecule has 1 fully saturated rings. The van der Waals surface area contributed by atoms with Gasteiger partial charge in [-0.1, -0.05) is 13.0 Å². The average Bonchev–Trinajstić information content (AvgIpc) is 2.96. The van der Waals surface area contributed by atoms with Gasteiger partial charge in [-0.05, 0) is 56.6 Å². The van der Waals surface area contributed by atoms with Crippen molar-refractivity contribution in [2.24, 2.45) is 0 Å². The minimum absolute atomic E-state index is 0.0992. The molecule has 11 heteroatoms. The zero-order chi connectivity index (χ0) is 27.8. The molecule has 3 aromatic rings. The van der Waals surface area contributed by atoms with Gasteiger partial charge in [0.05, 0.1) is 13.2 Å². The van der Waals surface area contributed by atoms with E-state index in [1.54, 1.807) is 48.3 Å². The SMILES string of the molecule is CCc1nc(-c2ccc(NC(=O)Nc3cccc(C(=O)N(C)CCN(C)C)c3)cc2)nc(N2CCOCC2)n1. The van der Waals surface area contributed by atoms with Gasteiger partial charge < -0.3 is 30.1 Å². The Balaban J connectivity index is 1.39. The quantitative estimate of drug-likeness (QED) is 0.432.